The van der Waals surface area contributed by atoms with Crippen molar-refractivity contribution >= 4 is 23.5 Å². The van der Waals surface area contributed by atoms with Crippen molar-refractivity contribution in [1.29, 1.82) is 0 Å². The molecular formula is C19H22FN3O3. The van der Waals surface area contributed by atoms with Gasteiger partial charge in [-0.2, -0.15) is 0 Å². The Hall–Kier alpha value is -2.44. The van der Waals surface area contributed by atoms with E-state index in [0.717, 1.165) is 29.7 Å². The Morgan fingerprint density at radius 3 is 2.92 bits per heavy atom. The van der Waals surface area contributed by atoms with Gasteiger partial charge in [-0.3, -0.25) is 14.5 Å². The van der Waals surface area contributed by atoms with Crippen LogP contribution in [-0.4, -0.2) is 41.4 Å². The molecule has 0 radical (unpaired) electrons. The van der Waals surface area contributed by atoms with E-state index in [9.17, 15) is 18.8 Å². The van der Waals surface area contributed by atoms with Crippen LogP contribution in [-0.2, 0) is 16.0 Å². The summed E-state index contributed by atoms with van der Waals surface area (Å²) in [7, 11) is 0. The highest BCUT2D eigenvalue weighted by Crippen LogP contribution is 2.38. The standard InChI is InChI=1S/C19H22FN3O3/c1-12-4-2-3-8-19(12)17(25)23(18(26)21-19)11-16(24)22-9-7-13-5-6-14(20)10-15(13)22/h5-6,10,12H,2-4,7-9,11H2,1H3,(H,21,26). The Morgan fingerprint density at radius 2 is 2.15 bits per heavy atom. The quantitative estimate of drug-likeness (QED) is 0.823. The maximum absolute atomic E-state index is 13.5. The van der Waals surface area contributed by atoms with Crippen molar-refractivity contribution in [3.05, 3.63) is 29.6 Å². The summed E-state index contributed by atoms with van der Waals surface area (Å²) in [5.41, 5.74) is 0.557. The van der Waals surface area contributed by atoms with E-state index >= 15 is 0 Å². The Balaban J connectivity index is 1.53. The molecule has 2 fully saturated rings. The Morgan fingerprint density at radius 1 is 1.35 bits per heavy atom. The van der Waals surface area contributed by atoms with Crippen molar-refractivity contribution < 1.29 is 18.8 Å². The van der Waals surface area contributed by atoms with E-state index in [0.29, 0.717) is 25.1 Å². The lowest BCUT2D eigenvalue weighted by Crippen LogP contribution is -2.54. The van der Waals surface area contributed by atoms with Gasteiger partial charge in [-0.05, 0) is 42.9 Å². The highest BCUT2D eigenvalue weighted by molar-refractivity contribution is 6.10. The molecule has 1 saturated heterocycles. The molecule has 1 spiro atoms. The molecule has 2 heterocycles. The summed E-state index contributed by atoms with van der Waals surface area (Å²) in [4.78, 5) is 40.6. The summed E-state index contributed by atoms with van der Waals surface area (Å²) in [6.07, 6.45) is 4.06. The number of fused-ring (bicyclic) bond motifs is 1. The number of hydrogen-bond donors (Lipinski definition) is 1. The van der Waals surface area contributed by atoms with Crippen LogP contribution in [0.5, 0.6) is 0 Å². The fraction of sp³-hybridized carbons (Fsp3) is 0.526. The van der Waals surface area contributed by atoms with Crippen LogP contribution in [0.1, 0.15) is 38.2 Å². The first kappa shape index (κ1) is 17.0. The van der Waals surface area contributed by atoms with Gasteiger partial charge in [0.2, 0.25) is 5.91 Å². The zero-order valence-electron chi connectivity index (χ0n) is 14.8. The predicted molar refractivity (Wildman–Crippen MR) is 93.1 cm³/mol. The molecule has 3 aliphatic rings. The van der Waals surface area contributed by atoms with Crippen LogP contribution in [0.25, 0.3) is 0 Å². The Labute approximate surface area is 151 Å². The van der Waals surface area contributed by atoms with Gasteiger partial charge in [0.05, 0.1) is 0 Å². The first-order chi connectivity index (χ1) is 12.4. The number of anilines is 1. The summed E-state index contributed by atoms with van der Waals surface area (Å²) in [5.74, 6) is -1.03. The molecule has 1 N–H and O–H groups in total. The van der Waals surface area contributed by atoms with E-state index in [1.807, 2.05) is 6.92 Å². The molecule has 1 saturated carbocycles. The number of rotatable bonds is 2. The normalized spacial score (nSPS) is 27.8. The van der Waals surface area contributed by atoms with Crippen molar-refractivity contribution in [3.63, 3.8) is 0 Å². The second-order valence-corrected chi connectivity index (χ2v) is 7.51. The first-order valence-electron chi connectivity index (χ1n) is 9.15. The Kier molecular flexibility index (Phi) is 3.97. The molecular weight excluding hydrogens is 337 g/mol. The molecule has 2 aliphatic heterocycles. The van der Waals surface area contributed by atoms with E-state index in [2.05, 4.69) is 5.32 Å². The SMILES string of the molecule is CC1CCCCC12NC(=O)N(CC(=O)N1CCc3ccc(F)cc31)C2=O. The molecule has 1 aliphatic carbocycles. The fourth-order valence-electron chi connectivity index (χ4n) is 4.47. The Bertz CT molecular complexity index is 796. The molecule has 138 valence electrons. The third kappa shape index (κ3) is 2.48. The number of urea groups is 1. The monoisotopic (exact) mass is 359 g/mol. The van der Waals surface area contributed by atoms with Crippen LogP contribution in [0, 0.1) is 11.7 Å². The summed E-state index contributed by atoms with van der Waals surface area (Å²) >= 11 is 0. The van der Waals surface area contributed by atoms with Crippen molar-refractivity contribution in [3.8, 4) is 0 Å². The molecule has 4 rings (SSSR count). The average Bonchev–Trinajstić information content (AvgIpc) is 3.12. The second-order valence-electron chi connectivity index (χ2n) is 7.51. The van der Waals surface area contributed by atoms with E-state index in [4.69, 9.17) is 0 Å². The molecule has 6 nitrogen and oxygen atoms in total. The van der Waals surface area contributed by atoms with Crippen molar-refractivity contribution in [1.82, 2.24) is 10.2 Å². The van der Waals surface area contributed by atoms with Gasteiger partial charge >= 0.3 is 6.03 Å². The maximum Gasteiger partial charge on any atom is 0.325 e. The number of carbonyl (C=O) groups excluding carboxylic acids is 3. The number of benzene rings is 1. The molecule has 0 aromatic heterocycles. The van der Waals surface area contributed by atoms with Crippen LogP contribution in [0.4, 0.5) is 14.9 Å². The zero-order valence-corrected chi connectivity index (χ0v) is 14.8. The van der Waals surface area contributed by atoms with Crippen LogP contribution in [0.2, 0.25) is 0 Å². The highest BCUT2D eigenvalue weighted by Gasteiger charge is 2.55. The maximum atomic E-state index is 13.5. The molecule has 1 aromatic rings. The summed E-state index contributed by atoms with van der Waals surface area (Å²) in [6.45, 7) is 2.10. The van der Waals surface area contributed by atoms with Gasteiger partial charge in [0.25, 0.3) is 5.91 Å². The fourth-order valence-corrected chi connectivity index (χ4v) is 4.47. The summed E-state index contributed by atoms with van der Waals surface area (Å²) in [6, 6.07) is 3.87. The van der Waals surface area contributed by atoms with Crippen LogP contribution in [0.15, 0.2) is 18.2 Å². The highest BCUT2D eigenvalue weighted by atomic mass is 19.1. The molecule has 2 unspecified atom stereocenters. The minimum Gasteiger partial charge on any atom is -0.323 e. The number of nitrogens with one attached hydrogen (secondary N) is 1. The van der Waals surface area contributed by atoms with E-state index in [1.54, 1.807) is 6.07 Å². The van der Waals surface area contributed by atoms with Crippen molar-refractivity contribution in [2.24, 2.45) is 5.92 Å². The third-order valence-corrected chi connectivity index (χ3v) is 6.04. The van der Waals surface area contributed by atoms with Crippen LogP contribution in [0.3, 0.4) is 0 Å². The third-order valence-electron chi connectivity index (χ3n) is 6.04. The van der Waals surface area contributed by atoms with Crippen LogP contribution < -0.4 is 10.2 Å². The van der Waals surface area contributed by atoms with Gasteiger partial charge in [0.1, 0.15) is 17.9 Å². The number of carbonyl (C=O) groups is 3. The summed E-state index contributed by atoms with van der Waals surface area (Å²) < 4.78 is 13.5. The summed E-state index contributed by atoms with van der Waals surface area (Å²) in [5, 5.41) is 2.85. The van der Waals surface area contributed by atoms with Gasteiger partial charge in [-0.25, -0.2) is 9.18 Å². The number of amides is 4. The van der Waals surface area contributed by atoms with E-state index < -0.39 is 17.4 Å². The molecule has 7 heteroatoms. The van der Waals surface area contributed by atoms with E-state index in [1.165, 1.54) is 17.0 Å². The van der Waals surface area contributed by atoms with Crippen molar-refractivity contribution in [2.75, 3.05) is 18.0 Å². The van der Waals surface area contributed by atoms with Gasteiger partial charge in [-0.1, -0.05) is 25.8 Å². The molecule has 26 heavy (non-hydrogen) atoms. The van der Waals surface area contributed by atoms with Crippen molar-refractivity contribution in [2.45, 2.75) is 44.6 Å². The minimum absolute atomic E-state index is 0.0504. The topological polar surface area (TPSA) is 69.7 Å². The lowest BCUT2D eigenvalue weighted by molar-refractivity contribution is -0.136. The molecule has 0 bridgehead atoms. The van der Waals surface area contributed by atoms with Gasteiger partial charge < -0.3 is 10.2 Å². The molecule has 2 atom stereocenters. The van der Waals surface area contributed by atoms with Gasteiger partial charge in [-0.15, -0.1) is 0 Å². The lowest BCUT2D eigenvalue weighted by Gasteiger charge is -2.36. The molecule has 4 amide bonds. The first-order valence-corrected chi connectivity index (χ1v) is 9.15. The van der Waals surface area contributed by atoms with Gasteiger partial charge in [0.15, 0.2) is 0 Å². The van der Waals surface area contributed by atoms with Gasteiger partial charge in [0, 0.05) is 12.2 Å². The molecule has 1 aromatic carbocycles. The van der Waals surface area contributed by atoms with E-state index in [-0.39, 0.29) is 24.3 Å². The predicted octanol–water partition coefficient (Wildman–Crippen LogP) is 2.22. The minimum atomic E-state index is -0.870. The largest absolute Gasteiger partial charge is 0.325 e. The average molecular weight is 359 g/mol. The zero-order chi connectivity index (χ0) is 18.5. The second kappa shape index (κ2) is 6.07. The number of halogens is 1. The number of imide groups is 1. The van der Waals surface area contributed by atoms with Crippen LogP contribution >= 0.6 is 0 Å². The number of hydrogen-bond acceptors (Lipinski definition) is 3. The number of nitrogens with zero attached hydrogens (tertiary/aromatic N) is 2. The smallest absolute Gasteiger partial charge is 0.323 e. The lowest BCUT2D eigenvalue weighted by atomic mass is 9.73.